The molecule has 0 saturated carbocycles. The zero-order chi connectivity index (χ0) is 39.4. The molecule has 0 aliphatic carbocycles. The Hall–Kier alpha value is -5.28. The quantitative estimate of drug-likeness (QED) is 0.182. The number of aryl methyl sites for hydroxylation is 2. The van der Waals surface area contributed by atoms with Gasteiger partial charge in [-0.05, 0) is 51.9 Å². The molecular weight excluding hydrogens is 759 g/mol. The SMILES string of the molecule is Cc1cn2nc(-c3cccc(-c4cccc(-c5cc6c(=O)n(CCN7CCC(C(=O)O)C7)c(C)cn6n5)c4Cl)c3Cl)cc2c(=O)n1CCN1CCC(C(=O)O)C1. The summed E-state index contributed by atoms with van der Waals surface area (Å²) in [6.45, 7) is 8.01. The topological polar surface area (TPSA) is 160 Å². The smallest absolute Gasteiger partial charge is 0.307 e. The first-order valence-electron chi connectivity index (χ1n) is 18.6. The molecular formula is C40H40Cl2N8O6. The van der Waals surface area contributed by atoms with Gasteiger partial charge in [0.05, 0.1) is 33.3 Å². The van der Waals surface area contributed by atoms with E-state index in [1.54, 1.807) is 42.7 Å². The van der Waals surface area contributed by atoms with E-state index < -0.39 is 11.9 Å². The predicted molar refractivity (Wildman–Crippen MR) is 213 cm³/mol. The first kappa shape index (κ1) is 37.6. The summed E-state index contributed by atoms with van der Waals surface area (Å²) in [6, 6.07) is 14.6. The summed E-state index contributed by atoms with van der Waals surface area (Å²) in [5.41, 5.74) is 5.41. The first-order chi connectivity index (χ1) is 26.9. The molecule has 0 spiro atoms. The average molecular weight is 800 g/mol. The lowest BCUT2D eigenvalue weighted by molar-refractivity contribution is -0.142. The lowest BCUT2D eigenvalue weighted by Crippen LogP contribution is -2.32. The van der Waals surface area contributed by atoms with Crippen LogP contribution in [0.2, 0.25) is 10.0 Å². The average Bonchev–Trinajstić information content (AvgIpc) is 3.99. The van der Waals surface area contributed by atoms with Gasteiger partial charge in [-0.1, -0.05) is 59.6 Å². The highest BCUT2D eigenvalue weighted by atomic mass is 35.5. The third-order valence-corrected chi connectivity index (χ3v) is 12.0. The molecule has 2 fully saturated rings. The lowest BCUT2D eigenvalue weighted by atomic mass is 9.98. The van der Waals surface area contributed by atoms with Gasteiger partial charge >= 0.3 is 11.9 Å². The van der Waals surface area contributed by atoms with Gasteiger partial charge in [0.1, 0.15) is 11.0 Å². The number of carboxylic acid groups (broad SMARTS) is 2. The molecule has 2 saturated heterocycles. The fraction of sp³-hybridized carbons (Fsp3) is 0.350. The summed E-state index contributed by atoms with van der Waals surface area (Å²) < 4.78 is 6.52. The van der Waals surface area contributed by atoms with Crippen molar-refractivity contribution in [3.8, 4) is 33.6 Å². The van der Waals surface area contributed by atoms with Crippen molar-refractivity contribution < 1.29 is 19.8 Å². The van der Waals surface area contributed by atoms with E-state index in [0.717, 1.165) is 11.4 Å². The number of benzene rings is 2. The van der Waals surface area contributed by atoms with Crippen molar-refractivity contribution in [3.63, 3.8) is 0 Å². The Morgan fingerprint density at radius 1 is 0.661 bits per heavy atom. The van der Waals surface area contributed by atoms with Crippen molar-refractivity contribution in [2.75, 3.05) is 39.3 Å². The fourth-order valence-electron chi connectivity index (χ4n) is 8.05. The van der Waals surface area contributed by atoms with Crippen LogP contribution >= 0.6 is 23.2 Å². The Labute approximate surface area is 330 Å². The van der Waals surface area contributed by atoms with Gasteiger partial charge < -0.3 is 29.1 Å². The minimum atomic E-state index is -0.786. The number of hydrogen-bond acceptors (Lipinski definition) is 8. The number of aromatic nitrogens is 6. The molecule has 16 heteroatoms. The molecule has 2 aliphatic heterocycles. The van der Waals surface area contributed by atoms with Crippen molar-refractivity contribution in [2.24, 2.45) is 11.8 Å². The van der Waals surface area contributed by atoms with E-state index in [9.17, 15) is 29.4 Å². The second-order valence-corrected chi connectivity index (χ2v) is 15.5. The molecule has 6 aromatic rings. The van der Waals surface area contributed by atoms with Crippen LogP contribution in [0.15, 0.2) is 70.5 Å². The van der Waals surface area contributed by atoms with E-state index in [2.05, 4.69) is 9.80 Å². The van der Waals surface area contributed by atoms with Crippen LogP contribution in [-0.2, 0) is 22.7 Å². The highest BCUT2D eigenvalue weighted by Gasteiger charge is 2.29. The molecule has 2 atom stereocenters. The molecule has 4 aromatic heterocycles. The molecule has 2 aromatic carbocycles. The second kappa shape index (κ2) is 15.0. The molecule has 0 bridgehead atoms. The van der Waals surface area contributed by atoms with Gasteiger partial charge in [0, 0.05) is 85.3 Å². The van der Waals surface area contributed by atoms with E-state index in [-0.39, 0.29) is 23.0 Å². The third kappa shape index (κ3) is 6.91. The largest absolute Gasteiger partial charge is 0.481 e. The predicted octanol–water partition coefficient (Wildman–Crippen LogP) is 5.04. The van der Waals surface area contributed by atoms with Gasteiger partial charge in [0.25, 0.3) is 11.1 Å². The maximum absolute atomic E-state index is 13.7. The highest BCUT2D eigenvalue weighted by Crippen LogP contribution is 2.42. The molecule has 0 radical (unpaired) electrons. The first-order valence-corrected chi connectivity index (χ1v) is 19.3. The summed E-state index contributed by atoms with van der Waals surface area (Å²) in [5, 5.41) is 29.0. The van der Waals surface area contributed by atoms with E-state index in [4.69, 9.17) is 33.4 Å². The minimum Gasteiger partial charge on any atom is -0.481 e. The van der Waals surface area contributed by atoms with Crippen LogP contribution in [-0.4, -0.2) is 99.6 Å². The molecule has 2 unspecified atom stereocenters. The number of nitrogens with zero attached hydrogens (tertiary/aromatic N) is 8. The van der Waals surface area contributed by atoms with E-state index >= 15 is 0 Å². The van der Waals surface area contributed by atoms with E-state index in [0.29, 0.717) is 120 Å². The Bertz CT molecular complexity index is 2480. The highest BCUT2D eigenvalue weighted by molar-refractivity contribution is 6.39. The summed E-state index contributed by atoms with van der Waals surface area (Å²) in [4.78, 5) is 54.3. The van der Waals surface area contributed by atoms with Gasteiger partial charge in [-0.25, -0.2) is 9.03 Å². The molecule has 6 heterocycles. The summed E-state index contributed by atoms with van der Waals surface area (Å²) in [5.74, 6) is -2.33. The normalized spacial score (nSPS) is 17.8. The zero-order valence-electron chi connectivity index (χ0n) is 30.9. The van der Waals surface area contributed by atoms with Crippen LogP contribution in [0.3, 0.4) is 0 Å². The maximum Gasteiger partial charge on any atom is 0.307 e. The molecule has 2 aliphatic rings. The molecule has 2 N–H and O–H groups in total. The van der Waals surface area contributed by atoms with Gasteiger partial charge in [-0.15, -0.1) is 0 Å². The maximum atomic E-state index is 13.7. The third-order valence-electron chi connectivity index (χ3n) is 11.2. The van der Waals surface area contributed by atoms with Crippen LogP contribution in [0.1, 0.15) is 24.2 Å². The Morgan fingerprint density at radius 3 is 1.43 bits per heavy atom. The van der Waals surface area contributed by atoms with Gasteiger partial charge in [0.15, 0.2) is 0 Å². The van der Waals surface area contributed by atoms with E-state index in [1.165, 1.54) is 0 Å². The Kier molecular flexibility index (Phi) is 10.1. The van der Waals surface area contributed by atoms with Gasteiger partial charge in [-0.2, -0.15) is 10.2 Å². The zero-order valence-corrected chi connectivity index (χ0v) is 32.4. The molecule has 8 rings (SSSR count). The van der Waals surface area contributed by atoms with Crippen LogP contribution in [0, 0.1) is 25.7 Å². The number of fused-ring (bicyclic) bond motifs is 2. The summed E-state index contributed by atoms with van der Waals surface area (Å²) in [7, 11) is 0. The van der Waals surface area contributed by atoms with Crippen molar-refractivity contribution in [2.45, 2.75) is 39.8 Å². The van der Waals surface area contributed by atoms with Gasteiger partial charge in [-0.3, -0.25) is 19.2 Å². The lowest BCUT2D eigenvalue weighted by Gasteiger charge is -2.17. The number of rotatable bonds is 11. The van der Waals surface area contributed by atoms with E-state index in [1.807, 2.05) is 50.2 Å². The van der Waals surface area contributed by atoms with Crippen molar-refractivity contribution in [3.05, 3.63) is 103 Å². The van der Waals surface area contributed by atoms with Crippen LogP contribution in [0.4, 0.5) is 0 Å². The Balaban J connectivity index is 1.06. The van der Waals surface area contributed by atoms with Crippen molar-refractivity contribution in [1.82, 2.24) is 38.2 Å². The summed E-state index contributed by atoms with van der Waals surface area (Å²) in [6.07, 6.45) is 4.81. The fourth-order valence-corrected chi connectivity index (χ4v) is 8.70. The monoisotopic (exact) mass is 798 g/mol. The number of halogens is 2. The molecule has 56 heavy (non-hydrogen) atoms. The number of aliphatic carboxylic acids is 2. The second-order valence-electron chi connectivity index (χ2n) is 14.8. The number of likely N-dealkylation sites (tertiary alicyclic amines) is 2. The summed E-state index contributed by atoms with van der Waals surface area (Å²) >= 11 is 14.2. The van der Waals surface area contributed by atoms with Crippen molar-refractivity contribution >= 4 is 46.2 Å². The molecule has 0 amide bonds. The Morgan fingerprint density at radius 2 is 1.05 bits per heavy atom. The standard InChI is InChI=1S/C40H40Cl2N8O6/c1-23-19-49-33(37(51)47(23)15-13-45-11-9-25(21-45)39(53)54)17-31(43-49)29-7-3-5-27(35(29)41)28-6-4-8-30(36(28)42)32-18-34-38(52)48(24(2)20-50(34)44-32)16-14-46-12-10-26(22-46)40(55)56/h3-8,17-20,25-26H,9-16,21-22H2,1-2H3,(H,53,54)(H,55,56). The van der Waals surface area contributed by atoms with Crippen LogP contribution < -0.4 is 11.1 Å². The van der Waals surface area contributed by atoms with Crippen LogP contribution in [0.5, 0.6) is 0 Å². The number of carbonyl (C=O) groups is 2. The van der Waals surface area contributed by atoms with Gasteiger partial charge in [0.2, 0.25) is 0 Å². The van der Waals surface area contributed by atoms with Crippen molar-refractivity contribution in [1.29, 1.82) is 0 Å². The van der Waals surface area contributed by atoms with Crippen LogP contribution in [0.25, 0.3) is 44.7 Å². The molecule has 14 nitrogen and oxygen atoms in total. The number of hydrogen-bond donors (Lipinski definition) is 2. The minimum absolute atomic E-state index is 0.198. The number of carboxylic acids is 2. The molecule has 290 valence electrons.